The van der Waals surface area contributed by atoms with Gasteiger partial charge in [0.05, 0.1) is 12.1 Å². The molecule has 1 amide bonds. The Hall–Kier alpha value is -2.43. The smallest absolute Gasteiger partial charge is 0.417 e. The van der Waals surface area contributed by atoms with E-state index in [-0.39, 0.29) is 19.5 Å². The van der Waals surface area contributed by atoms with E-state index in [9.17, 15) is 33.1 Å². The molecule has 1 aromatic rings. The van der Waals surface area contributed by atoms with Crippen molar-refractivity contribution in [3.05, 3.63) is 34.5 Å². The van der Waals surface area contributed by atoms with Crippen molar-refractivity contribution in [3.63, 3.8) is 0 Å². The zero-order valence-corrected chi connectivity index (χ0v) is 18.8. The number of rotatable bonds is 9. The number of halogens is 3. The van der Waals surface area contributed by atoms with Crippen LogP contribution in [0.15, 0.2) is 18.2 Å². The summed E-state index contributed by atoms with van der Waals surface area (Å²) in [6.07, 6.45) is -3.14. The number of aldehydes is 1. The molecule has 0 bridgehead atoms. The third-order valence-electron chi connectivity index (χ3n) is 5.91. The third-order valence-corrected chi connectivity index (χ3v) is 5.91. The highest BCUT2D eigenvalue weighted by Crippen LogP contribution is 2.41. The minimum atomic E-state index is -4.80. The molecule has 1 heterocycles. The standard InChI is InChI=1S/C22H30F3N3O4/c1-5-7-16-18(9-8-15(19(16)30)17(10-13-29)22(23,24)25)26-11-6-12-28(32)14-27(4)21(2,3)20(28)31/h8-10,13,26,30H,5-7,11-12,14H2,1-4H3/b17-10+. The summed E-state index contributed by atoms with van der Waals surface area (Å²) in [4.78, 5) is 24.9. The summed E-state index contributed by atoms with van der Waals surface area (Å²) in [5.41, 5.74) is -1.77. The maximum atomic E-state index is 13.3. The zero-order chi connectivity index (χ0) is 24.3. The summed E-state index contributed by atoms with van der Waals surface area (Å²) in [7, 11) is 1.73. The van der Waals surface area contributed by atoms with E-state index >= 15 is 0 Å². The number of nitrogens with zero attached hydrogens (tertiary/aromatic N) is 2. The van der Waals surface area contributed by atoms with Gasteiger partial charge in [0.1, 0.15) is 24.2 Å². The van der Waals surface area contributed by atoms with Crippen molar-refractivity contribution in [3.8, 4) is 5.75 Å². The van der Waals surface area contributed by atoms with E-state index in [1.165, 1.54) is 6.07 Å². The molecule has 1 fully saturated rings. The molecular formula is C22H30F3N3O4. The molecule has 2 rings (SSSR count). The zero-order valence-electron chi connectivity index (χ0n) is 18.8. The van der Waals surface area contributed by atoms with Crippen LogP contribution < -0.4 is 5.32 Å². The molecule has 178 valence electrons. The van der Waals surface area contributed by atoms with E-state index in [1.54, 1.807) is 25.8 Å². The number of benzene rings is 1. The Bertz CT molecular complexity index is 899. The second-order valence-corrected chi connectivity index (χ2v) is 8.55. The summed E-state index contributed by atoms with van der Waals surface area (Å²) < 4.78 is 39.0. The molecular weight excluding hydrogens is 427 g/mol. The topological polar surface area (TPSA) is 92.7 Å². The monoisotopic (exact) mass is 457 g/mol. The number of anilines is 1. The van der Waals surface area contributed by atoms with Crippen LogP contribution in [0.4, 0.5) is 18.9 Å². The minimum absolute atomic E-state index is 0.0357. The predicted molar refractivity (Wildman–Crippen MR) is 116 cm³/mol. The van der Waals surface area contributed by atoms with Crippen LogP contribution in [0.25, 0.3) is 5.57 Å². The first kappa shape index (κ1) is 25.8. The molecule has 32 heavy (non-hydrogen) atoms. The lowest BCUT2D eigenvalue weighted by Crippen LogP contribution is -2.49. The number of nitrogens with one attached hydrogen (secondary N) is 1. The van der Waals surface area contributed by atoms with Gasteiger partial charge in [-0.3, -0.25) is 9.44 Å². The number of alkyl halides is 3. The number of hydroxylamine groups is 3. The lowest BCUT2D eigenvalue weighted by Gasteiger charge is -2.35. The molecule has 1 aliphatic rings. The van der Waals surface area contributed by atoms with Crippen LogP contribution in [-0.2, 0) is 16.0 Å². The number of aromatic hydroxyl groups is 1. The molecule has 1 unspecified atom stereocenters. The van der Waals surface area contributed by atoms with Crippen LogP contribution in [0, 0.1) is 5.21 Å². The summed E-state index contributed by atoms with van der Waals surface area (Å²) in [6, 6.07) is 2.53. The first-order chi connectivity index (χ1) is 14.8. The van der Waals surface area contributed by atoms with Crippen molar-refractivity contribution >= 4 is 23.5 Å². The molecule has 10 heteroatoms. The number of likely N-dealkylation sites (N-methyl/N-ethyl adjacent to an activating group) is 1. The van der Waals surface area contributed by atoms with Crippen LogP contribution >= 0.6 is 0 Å². The molecule has 2 N–H and O–H groups in total. The van der Waals surface area contributed by atoms with E-state index in [4.69, 9.17) is 0 Å². The van der Waals surface area contributed by atoms with Gasteiger partial charge in [0, 0.05) is 29.8 Å². The number of phenolic OH excluding ortho intramolecular Hbond substituents is 1. The maximum Gasteiger partial charge on any atom is 0.417 e. The number of hydrogen-bond acceptors (Lipinski definition) is 6. The quantitative estimate of drug-likeness (QED) is 0.193. The number of quaternary nitrogens is 1. The molecule has 0 radical (unpaired) electrons. The van der Waals surface area contributed by atoms with Gasteiger partial charge in [-0.05, 0) is 45.5 Å². The highest BCUT2D eigenvalue weighted by molar-refractivity contribution is 5.87. The molecule has 0 saturated carbocycles. The Balaban J connectivity index is 2.17. The molecule has 0 aliphatic carbocycles. The van der Waals surface area contributed by atoms with Gasteiger partial charge in [-0.15, -0.1) is 0 Å². The van der Waals surface area contributed by atoms with Gasteiger partial charge >= 0.3 is 12.1 Å². The number of allylic oxidation sites excluding steroid dienone is 2. The Morgan fingerprint density at radius 2 is 2.03 bits per heavy atom. The number of amides is 1. The minimum Gasteiger partial charge on any atom is -0.624 e. The maximum absolute atomic E-state index is 13.3. The lowest BCUT2D eigenvalue weighted by atomic mass is 9.97. The second kappa shape index (κ2) is 9.60. The normalized spacial score (nSPS) is 21.8. The van der Waals surface area contributed by atoms with E-state index in [0.717, 1.165) is 6.07 Å². The predicted octanol–water partition coefficient (Wildman–Crippen LogP) is 3.81. The fourth-order valence-electron chi connectivity index (χ4n) is 3.90. The number of carbonyl (C=O) groups is 2. The van der Waals surface area contributed by atoms with Gasteiger partial charge in [0.25, 0.3) is 0 Å². The highest BCUT2D eigenvalue weighted by Gasteiger charge is 2.51. The number of hydrogen-bond donors (Lipinski definition) is 2. The third kappa shape index (κ3) is 5.13. The Kier molecular flexibility index (Phi) is 7.75. The van der Waals surface area contributed by atoms with Crippen molar-refractivity contribution in [1.82, 2.24) is 4.90 Å². The first-order valence-corrected chi connectivity index (χ1v) is 10.5. The number of carbonyl (C=O) groups excluding carboxylic acids is 2. The Labute approximate surface area is 185 Å². The van der Waals surface area contributed by atoms with E-state index in [2.05, 4.69) is 5.32 Å². The molecule has 1 aromatic carbocycles. The first-order valence-electron chi connectivity index (χ1n) is 10.5. The fourth-order valence-corrected chi connectivity index (χ4v) is 3.90. The van der Waals surface area contributed by atoms with E-state index < -0.39 is 39.2 Å². The average Bonchev–Trinajstić information content (AvgIpc) is 2.85. The average molecular weight is 457 g/mol. The van der Waals surface area contributed by atoms with Crippen molar-refractivity contribution < 1.29 is 32.5 Å². The summed E-state index contributed by atoms with van der Waals surface area (Å²) in [5.74, 6) is -0.942. The van der Waals surface area contributed by atoms with Gasteiger partial charge in [0.2, 0.25) is 0 Å². The van der Waals surface area contributed by atoms with Crippen molar-refractivity contribution in [2.75, 3.05) is 32.1 Å². The van der Waals surface area contributed by atoms with Gasteiger partial charge < -0.3 is 15.6 Å². The van der Waals surface area contributed by atoms with Crippen molar-refractivity contribution in [1.29, 1.82) is 0 Å². The van der Waals surface area contributed by atoms with Gasteiger partial charge in [-0.25, -0.2) is 9.69 Å². The van der Waals surface area contributed by atoms with Gasteiger partial charge in [0.15, 0.2) is 0 Å². The molecule has 1 aliphatic heterocycles. The lowest BCUT2D eigenvalue weighted by molar-refractivity contribution is -0.802. The molecule has 0 spiro atoms. The van der Waals surface area contributed by atoms with Gasteiger partial charge in [-0.2, -0.15) is 13.2 Å². The second-order valence-electron chi connectivity index (χ2n) is 8.55. The summed E-state index contributed by atoms with van der Waals surface area (Å²) >= 11 is 0. The van der Waals surface area contributed by atoms with Gasteiger partial charge in [-0.1, -0.05) is 13.3 Å². The SMILES string of the molecule is CCCc1c(NCCC[N+]2([O-])CN(C)C(C)(C)C2=O)ccc(/C(=C\C=O)C(F)(F)F)c1O. The van der Waals surface area contributed by atoms with Crippen molar-refractivity contribution in [2.45, 2.75) is 51.7 Å². The molecule has 1 saturated heterocycles. The Morgan fingerprint density at radius 1 is 1.38 bits per heavy atom. The Morgan fingerprint density at radius 3 is 2.53 bits per heavy atom. The van der Waals surface area contributed by atoms with Crippen LogP contribution in [0.5, 0.6) is 5.75 Å². The largest absolute Gasteiger partial charge is 0.624 e. The van der Waals surface area contributed by atoms with Crippen LogP contribution in [0.3, 0.4) is 0 Å². The van der Waals surface area contributed by atoms with E-state index in [0.29, 0.717) is 43.1 Å². The summed E-state index contributed by atoms with van der Waals surface area (Å²) in [5, 5.41) is 26.5. The highest BCUT2D eigenvalue weighted by atomic mass is 19.4. The molecule has 0 aromatic heterocycles. The van der Waals surface area contributed by atoms with Crippen molar-refractivity contribution in [2.24, 2.45) is 0 Å². The van der Waals surface area contributed by atoms with E-state index in [1.807, 2.05) is 6.92 Å². The fraction of sp³-hybridized carbons (Fsp3) is 0.545. The van der Waals surface area contributed by atoms with Crippen LogP contribution in [-0.4, -0.2) is 65.4 Å². The molecule has 7 nitrogen and oxygen atoms in total. The number of phenols is 1. The summed E-state index contributed by atoms with van der Waals surface area (Å²) in [6.45, 7) is 5.66. The molecule has 1 atom stereocenters. The van der Waals surface area contributed by atoms with Crippen LogP contribution in [0.1, 0.15) is 44.7 Å². The van der Waals surface area contributed by atoms with Crippen LogP contribution in [0.2, 0.25) is 0 Å².